The van der Waals surface area contributed by atoms with Crippen LogP contribution in [0.2, 0.25) is 0 Å². The Hall–Kier alpha value is -1.51. The molecule has 5 atom stereocenters. The maximum Gasteiger partial charge on any atom is 0.303 e. The van der Waals surface area contributed by atoms with Gasteiger partial charge in [0.1, 0.15) is 5.60 Å². The molecule has 1 aliphatic carbocycles. The molecule has 0 aromatic heterocycles. The van der Waals surface area contributed by atoms with E-state index in [2.05, 4.69) is 0 Å². The lowest BCUT2D eigenvalue weighted by Gasteiger charge is -2.60. The molecule has 6 N–H and O–H groups in total. The van der Waals surface area contributed by atoms with E-state index in [0.717, 1.165) is 6.92 Å². The average molecular weight is 358 g/mol. The van der Waals surface area contributed by atoms with Crippen LogP contribution < -0.4 is 11.5 Å². The van der Waals surface area contributed by atoms with Crippen molar-refractivity contribution in [3.63, 3.8) is 0 Å². The van der Waals surface area contributed by atoms with Gasteiger partial charge >= 0.3 is 5.97 Å². The maximum absolute atomic E-state index is 12.8. The molecule has 8 nitrogen and oxygen atoms in total. The lowest BCUT2D eigenvalue weighted by Crippen LogP contribution is -2.82. The van der Waals surface area contributed by atoms with Crippen LogP contribution in [0.3, 0.4) is 0 Å². The zero-order chi connectivity index (χ0) is 20.2. The molecule has 0 spiro atoms. The van der Waals surface area contributed by atoms with Crippen molar-refractivity contribution in [3.05, 3.63) is 0 Å². The first-order chi connectivity index (χ1) is 10.9. The highest BCUT2D eigenvalue weighted by Gasteiger charge is 2.73. The van der Waals surface area contributed by atoms with Gasteiger partial charge in [0.2, 0.25) is 5.60 Å². The molecule has 0 aromatic rings. The van der Waals surface area contributed by atoms with Gasteiger partial charge in [-0.3, -0.25) is 14.4 Å². The summed E-state index contributed by atoms with van der Waals surface area (Å²) in [5.74, 6) is -4.28. The Kier molecular flexibility index (Phi) is 5.20. The quantitative estimate of drug-likeness (QED) is 0.383. The molecule has 1 saturated carbocycles. The van der Waals surface area contributed by atoms with Crippen molar-refractivity contribution in [3.8, 4) is 0 Å². The fraction of sp³-hybridized carbons (Fsp3) is 0.824. The van der Waals surface area contributed by atoms with Crippen LogP contribution in [0.5, 0.6) is 0 Å². The number of carbonyl (C=O) groups is 3. The largest absolute Gasteiger partial charge is 0.455 e. The van der Waals surface area contributed by atoms with Gasteiger partial charge < -0.3 is 26.4 Å². The number of hydrogen-bond donors (Lipinski definition) is 4. The number of rotatable bonds is 2. The van der Waals surface area contributed by atoms with E-state index in [1.165, 1.54) is 0 Å². The van der Waals surface area contributed by atoms with Gasteiger partial charge in [0.05, 0.1) is 6.04 Å². The van der Waals surface area contributed by atoms with Gasteiger partial charge in [-0.1, -0.05) is 41.5 Å². The predicted molar refractivity (Wildman–Crippen MR) is 90.0 cm³/mol. The van der Waals surface area contributed by atoms with Crippen LogP contribution in [-0.4, -0.2) is 51.2 Å². The van der Waals surface area contributed by atoms with E-state index < -0.39 is 57.8 Å². The predicted octanol–water partition coefficient (Wildman–Crippen LogP) is -0.516. The van der Waals surface area contributed by atoms with E-state index in [0.29, 0.717) is 0 Å². The van der Waals surface area contributed by atoms with E-state index in [1.807, 2.05) is 0 Å². The van der Waals surface area contributed by atoms with E-state index >= 15 is 0 Å². The monoisotopic (exact) mass is 358 g/mol. The Labute approximate surface area is 147 Å². The molecule has 0 heterocycles. The Bertz CT molecular complexity index is 591. The van der Waals surface area contributed by atoms with Crippen LogP contribution in [-0.2, 0) is 19.1 Å². The highest BCUT2D eigenvalue weighted by molar-refractivity contribution is 6.12. The third kappa shape index (κ3) is 3.07. The van der Waals surface area contributed by atoms with Crippen molar-refractivity contribution < 1.29 is 29.3 Å². The van der Waals surface area contributed by atoms with Gasteiger partial charge in [0.25, 0.3) is 5.91 Å². The summed E-state index contributed by atoms with van der Waals surface area (Å²) in [5.41, 5.74) is 4.68. The fourth-order valence-corrected chi connectivity index (χ4v) is 3.94. The normalized spacial score (nSPS) is 36.9. The number of ether oxygens (including phenoxy) is 1. The summed E-state index contributed by atoms with van der Waals surface area (Å²) < 4.78 is 5.14. The molecule has 0 aromatic carbocycles. The third-order valence-corrected chi connectivity index (χ3v) is 5.08. The first kappa shape index (κ1) is 21.5. The number of primary amides is 1. The minimum Gasteiger partial charge on any atom is -0.455 e. The summed E-state index contributed by atoms with van der Waals surface area (Å²) >= 11 is 0. The van der Waals surface area contributed by atoms with E-state index in [9.17, 15) is 24.6 Å². The number of hydrogen-bond acceptors (Lipinski definition) is 7. The third-order valence-electron chi connectivity index (χ3n) is 5.08. The molecular formula is C17H30N2O6. The standard InChI is InChI=1S/C17H30N2O6/c1-8(20)25-12-16(23,13(19)22)11(21)9(18)10(14(2,3)4)17(12,24)15(5,6)7/h9-10,12,23-24H,18H2,1-7H3,(H2,19,22)/t9-,10?,12?,16?,17+/m0/s1. The molecule has 3 unspecified atom stereocenters. The molecule has 0 aliphatic heterocycles. The highest BCUT2D eigenvalue weighted by atomic mass is 16.6. The van der Waals surface area contributed by atoms with Gasteiger partial charge in [-0.05, 0) is 10.8 Å². The minimum absolute atomic E-state index is 0.714. The Morgan fingerprint density at radius 2 is 1.56 bits per heavy atom. The molecule has 8 heteroatoms. The Morgan fingerprint density at radius 3 is 1.84 bits per heavy atom. The van der Waals surface area contributed by atoms with Crippen molar-refractivity contribution in [1.29, 1.82) is 0 Å². The van der Waals surface area contributed by atoms with Crippen molar-refractivity contribution in [2.45, 2.75) is 71.8 Å². The zero-order valence-electron chi connectivity index (χ0n) is 15.9. The average Bonchev–Trinajstić information content (AvgIpc) is 2.38. The van der Waals surface area contributed by atoms with Crippen LogP contribution >= 0.6 is 0 Å². The summed E-state index contributed by atoms with van der Waals surface area (Å²) in [4.78, 5) is 36.4. The second kappa shape index (κ2) is 6.03. The van der Waals surface area contributed by atoms with Crippen LogP contribution in [0.15, 0.2) is 0 Å². The molecule has 1 rings (SSSR count). The fourth-order valence-electron chi connectivity index (χ4n) is 3.94. The van der Waals surface area contributed by atoms with Crippen LogP contribution in [0.25, 0.3) is 0 Å². The number of ketones is 1. The molecule has 1 aliphatic rings. The van der Waals surface area contributed by atoms with E-state index in [1.54, 1.807) is 41.5 Å². The van der Waals surface area contributed by atoms with Crippen molar-refractivity contribution in [2.75, 3.05) is 0 Å². The zero-order valence-corrected chi connectivity index (χ0v) is 15.9. The SMILES string of the molecule is CC(=O)OC1C(O)(C(N)=O)C(=O)[C@@H](N)C(C(C)(C)C)[C@]1(O)C(C)(C)C. The molecule has 25 heavy (non-hydrogen) atoms. The Balaban J connectivity index is 3.89. The topological polar surface area (TPSA) is 153 Å². The first-order valence-corrected chi connectivity index (χ1v) is 8.15. The van der Waals surface area contributed by atoms with Gasteiger partial charge in [-0.15, -0.1) is 0 Å². The summed E-state index contributed by atoms with van der Waals surface area (Å²) in [6.45, 7) is 11.3. The molecule has 0 radical (unpaired) electrons. The van der Waals surface area contributed by atoms with Crippen molar-refractivity contribution in [1.82, 2.24) is 0 Å². The second-order valence-electron chi connectivity index (χ2n) is 8.93. The minimum atomic E-state index is -2.92. The summed E-state index contributed by atoms with van der Waals surface area (Å²) in [5, 5.41) is 22.5. The summed E-state index contributed by atoms with van der Waals surface area (Å²) in [6, 6.07) is -1.38. The molecule has 1 fully saturated rings. The lowest BCUT2D eigenvalue weighted by molar-refractivity contribution is -0.265. The van der Waals surface area contributed by atoms with Crippen molar-refractivity contribution in [2.24, 2.45) is 28.2 Å². The molecule has 1 amide bonds. The molecule has 0 bridgehead atoms. The number of aliphatic hydroxyl groups is 2. The highest BCUT2D eigenvalue weighted by Crippen LogP contribution is 2.54. The Morgan fingerprint density at radius 1 is 1.12 bits per heavy atom. The van der Waals surface area contributed by atoms with E-state index in [4.69, 9.17) is 16.2 Å². The summed E-state index contributed by atoms with van der Waals surface area (Å²) in [7, 11) is 0. The van der Waals surface area contributed by atoms with Crippen LogP contribution in [0.4, 0.5) is 0 Å². The van der Waals surface area contributed by atoms with Gasteiger partial charge in [-0.25, -0.2) is 0 Å². The van der Waals surface area contributed by atoms with Gasteiger partial charge in [-0.2, -0.15) is 0 Å². The molecule has 144 valence electrons. The van der Waals surface area contributed by atoms with Crippen LogP contribution in [0.1, 0.15) is 48.5 Å². The number of nitrogens with two attached hydrogens (primary N) is 2. The molecule has 0 saturated heterocycles. The number of Topliss-reactive ketones (excluding diaryl/α,β-unsaturated/α-hetero) is 1. The molecular weight excluding hydrogens is 328 g/mol. The lowest BCUT2D eigenvalue weighted by atomic mass is 9.49. The number of carbonyl (C=O) groups excluding carboxylic acids is 3. The smallest absolute Gasteiger partial charge is 0.303 e. The van der Waals surface area contributed by atoms with Gasteiger partial charge in [0.15, 0.2) is 11.9 Å². The van der Waals surface area contributed by atoms with E-state index in [-0.39, 0.29) is 0 Å². The number of amides is 1. The second-order valence-corrected chi connectivity index (χ2v) is 8.93. The van der Waals surface area contributed by atoms with Gasteiger partial charge in [0, 0.05) is 12.8 Å². The van der Waals surface area contributed by atoms with Crippen LogP contribution in [0, 0.1) is 16.7 Å². The summed E-state index contributed by atoms with van der Waals surface area (Å²) in [6.07, 6.45) is -1.88. The van der Waals surface area contributed by atoms with Crippen molar-refractivity contribution >= 4 is 17.7 Å². The number of esters is 1. The maximum atomic E-state index is 12.8. The first-order valence-electron chi connectivity index (χ1n) is 8.15.